The van der Waals surface area contributed by atoms with E-state index in [1.807, 2.05) is 13.3 Å². The summed E-state index contributed by atoms with van der Waals surface area (Å²) in [7, 11) is 0. The van der Waals surface area contributed by atoms with Gasteiger partial charge in [-0.05, 0) is 30.5 Å². The Balaban J connectivity index is 2.81. The van der Waals surface area contributed by atoms with Gasteiger partial charge < -0.3 is 5.73 Å². The predicted molar refractivity (Wildman–Crippen MR) is 53.0 cm³/mol. The molecule has 0 amide bonds. The molecule has 83 valence electrons. The third kappa shape index (κ3) is 3.23. The van der Waals surface area contributed by atoms with Crippen LogP contribution in [0.1, 0.15) is 30.5 Å². The number of nitrogens with two attached hydrogens (primary N) is 1. The van der Waals surface area contributed by atoms with E-state index < -0.39 is 11.7 Å². The van der Waals surface area contributed by atoms with Gasteiger partial charge in [-0.15, -0.1) is 0 Å². The number of hydrogen-bond donors (Lipinski definition) is 1. The van der Waals surface area contributed by atoms with Crippen molar-refractivity contribution in [3.63, 3.8) is 0 Å². The fourth-order valence-corrected chi connectivity index (χ4v) is 1.31. The summed E-state index contributed by atoms with van der Waals surface area (Å²) in [4.78, 5) is 0. The van der Waals surface area contributed by atoms with E-state index in [1.54, 1.807) is 0 Å². The van der Waals surface area contributed by atoms with Gasteiger partial charge in [-0.1, -0.05) is 19.1 Å². The number of rotatable bonds is 3. The minimum Gasteiger partial charge on any atom is -0.324 e. The highest BCUT2D eigenvalue weighted by Gasteiger charge is 2.30. The number of hydrogen-bond acceptors (Lipinski definition) is 1. The molecule has 0 bridgehead atoms. The number of halogens is 3. The van der Waals surface area contributed by atoms with Gasteiger partial charge >= 0.3 is 6.18 Å². The Labute approximate surface area is 87.1 Å². The molecular weight excluding hydrogens is 203 g/mol. The molecule has 2 N–H and O–H groups in total. The SMILES string of the molecule is C[CH]CC(N)c1ccc(C(F)(F)F)cc1. The molecule has 1 radical (unpaired) electrons. The summed E-state index contributed by atoms with van der Waals surface area (Å²) >= 11 is 0. The highest BCUT2D eigenvalue weighted by Crippen LogP contribution is 2.30. The van der Waals surface area contributed by atoms with Crippen LogP contribution >= 0.6 is 0 Å². The first kappa shape index (κ1) is 12.0. The smallest absolute Gasteiger partial charge is 0.324 e. The number of alkyl halides is 3. The first-order chi connectivity index (χ1) is 6.95. The maximum absolute atomic E-state index is 12.2. The van der Waals surface area contributed by atoms with Gasteiger partial charge in [-0.3, -0.25) is 0 Å². The van der Waals surface area contributed by atoms with E-state index in [1.165, 1.54) is 12.1 Å². The van der Waals surface area contributed by atoms with Gasteiger partial charge in [0.25, 0.3) is 0 Å². The molecule has 0 saturated carbocycles. The zero-order valence-electron chi connectivity index (χ0n) is 8.38. The quantitative estimate of drug-likeness (QED) is 0.824. The average Bonchev–Trinajstić information content (AvgIpc) is 2.17. The lowest BCUT2D eigenvalue weighted by atomic mass is 10.0. The molecule has 1 atom stereocenters. The van der Waals surface area contributed by atoms with E-state index in [9.17, 15) is 13.2 Å². The molecule has 0 heterocycles. The van der Waals surface area contributed by atoms with E-state index in [4.69, 9.17) is 5.73 Å². The summed E-state index contributed by atoms with van der Waals surface area (Å²) in [6, 6.07) is 4.75. The average molecular weight is 216 g/mol. The molecule has 0 aliphatic carbocycles. The Hall–Kier alpha value is -1.03. The van der Waals surface area contributed by atoms with Gasteiger partial charge in [-0.2, -0.15) is 13.2 Å². The summed E-state index contributed by atoms with van der Waals surface area (Å²) in [5.41, 5.74) is 5.84. The zero-order chi connectivity index (χ0) is 11.5. The van der Waals surface area contributed by atoms with Crippen molar-refractivity contribution < 1.29 is 13.2 Å². The third-order valence-electron chi connectivity index (χ3n) is 2.16. The van der Waals surface area contributed by atoms with Gasteiger partial charge in [-0.25, -0.2) is 0 Å². The van der Waals surface area contributed by atoms with E-state index in [2.05, 4.69) is 0 Å². The van der Waals surface area contributed by atoms with Gasteiger partial charge in [0.2, 0.25) is 0 Å². The molecule has 1 aromatic carbocycles. The molecule has 1 unspecified atom stereocenters. The first-order valence-corrected chi connectivity index (χ1v) is 4.65. The lowest BCUT2D eigenvalue weighted by molar-refractivity contribution is -0.137. The lowest BCUT2D eigenvalue weighted by Gasteiger charge is -2.12. The van der Waals surface area contributed by atoms with Crippen molar-refractivity contribution in [2.75, 3.05) is 0 Å². The first-order valence-electron chi connectivity index (χ1n) is 4.65. The van der Waals surface area contributed by atoms with Crippen LogP contribution in [0.2, 0.25) is 0 Å². The molecule has 0 aromatic heterocycles. The molecule has 4 heteroatoms. The van der Waals surface area contributed by atoms with Crippen LogP contribution in [0.25, 0.3) is 0 Å². The minimum absolute atomic E-state index is 0.225. The fraction of sp³-hybridized carbons (Fsp3) is 0.364. The molecule has 1 nitrogen and oxygen atoms in total. The Bertz CT molecular complexity index is 303. The monoisotopic (exact) mass is 216 g/mol. The second kappa shape index (κ2) is 4.66. The summed E-state index contributed by atoms with van der Waals surface area (Å²) in [5, 5.41) is 0. The molecule has 1 rings (SSSR count). The van der Waals surface area contributed by atoms with Gasteiger partial charge in [0.15, 0.2) is 0 Å². The summed E-state index contributed by atoms with van der Waals surface area (Å²) in [6.07, 6.45) is -1.73. The van der Waals surface area contributed by atoms with E-state index in [0.717, 1.165) is 17.7 Å². The summed E-state index contributed by atoms with van der Waals surface area (Å²) in [5.74, 6) is 0. The van der Waals surface area contributed by atoms with Crippen LogP contribution in [0.15, 0.2) is 24.3 Å². The second-order valence-electron chi connectivity index (χ2n) is 3.37. The topological polar surface area (TPSA) is 26.0 Å². The predicted octanol–water partition coefficient (Wildman–Crippen LogP) is 3.32. The van der Waals surface area contributed by atoms with E-state index >= 15 is 0 Å². The van der Waals surface area contributed by atoms with Gasteiger partial charge in [0.05, 0.1) is 5.56 Å². The molecule has 0 aliphatic heterocycles. The standard InChI is InChI=1S/C11H13F3N/c1-2-3-10(15)8-4-6-9(7-5-8)11(12,13)14/h2,4-7,10H,3,15H2,1H3. The summed E-state index contributed by atoms with van der Waals surface area (Å²) < 4.78 is 36.7. The highest BCUT2D eigenvalue weighted by atomic mass is 19.4. The molecule has 0 saturated heterocycles. The van der Waals surface area contributed by atoms with Crippen molar-refractivity contribution in [2.45, 2.75) is 25.6 Å². The van der Waals surface area contributed by atoms with Crippen LogP contribution in [0.3, 0.4) is 0 Å². The van der Waals surface area contributed by atoms with Crippen molar-refractivity contribution in [3.05, 3.63) is 41.8 Å². The maximum Gasteiger partial charge on any atom is 0.416 e. The largest absolute Gasteiger partial charge is 0.416 e. The van der Waals surface area contributed by atoms with Crippen LogP contribution in [-0.4, -0.2) is 0 Å². The maximum atomic E-state index is 12.2. The van der Waals surface area contributed by atoms with Crippen LogP contribution in [0, 0.1) is 6.42 Å². The highest BCUT2D eigenvalue weighted by molar-refractivity contribution is 5.26. The van der Waals surface area contributed by atoms with Crippen molar-refractivity contribution in [2.24, 2.45) is 5.73 Å². The molecule has 0 fully saturated rings. The van der Waals surface area contributed by atoms with Crippen molar-refractivity contribution in [1.82, 2.24) is 0 Å². The Morgan fingerprint density at radius 3 is 2.20 bits per heavy atom. The number of benzene rings is 1. The minimum atomic E-state index is -4.28. The molecule has 0 spiro atoms. The molecule has 15 heavy (non-hydrogen) atoms. The van der Waals surface area contributed by atoms with Crippen LogP contribution in [0.4, 0.5) is 13.2 Å². The van der Waals surface area contributed by atoms with Crippen LogP contribution in [-0.2, 0) is 6.18 Å². The Morgan fingerprint density at radius 2 is 1.80 bits per heavy atom. The Kier molecular flexibility index (Phi) is 3.74. The van der Waals surface area contributed by atoms with Crippen LogP contribution < -0.4 is 5.73 Å². The van der Waals surface area contributed by atoms with Crippen molar-refractivity contribution in [1.29, 1.82) is 0 Å². The molecule has 0 aliphatic rings. The second-order valence-corrected chi connectivity index (χ2v) is 3.37. The Morgan fingerprint density at radius 1 is 1.27 bits per heavy atom. The molecule has 1 aromatic rings. The van der Waals surface area contributed by atoms with Crippen LogP contribution in [0.5, 0.6) is 0 Å². The third-order valence-corrected chi connectivity index (χ3v) is 2.16. The van der Waals surface area contributed by atoms with Crippen molar-refractivity contribution in [3.8, 4) is 0 Å². The normalized spacial score (nSPS) is 13.9. The lowest BCUT2D eigenvalue weighted by Crippen LogP contribution is -2.11. The molecular formula is C11H13F3N. The van der Waals surface area contributed by atoms with Gasteiger partial charge in [0, 0.05) is 6.04 Å². The van der Waals surface area contributed by atoms with E-state index in [-0.39, 0.29) is 6.04 Å². The van der Waals surface area contributed by atoms with Gasteiger partial charge in [0.1, 0.15) is 0 Å². The summed E-state index contributed by atoms with van der Waals surface area (Å²) in [6.45, 7) is 1.87. The fourth-order valence-electron chi connectivity index (χ4n) is 1.31. The van der Waals surface area contributed by atoms with E-state index in [0.29, 0.717) is 6.42 Å². The zero-order valence-corrected chi connectivity index (χ0v) is 8.38. The van der Waals surface area contributed by atoms with Crippen molar-refractivity contribution >= 4 is 0 Å².